The molecule has 0 saturated carbocycles. The van der Waals surface area contributed by atoms with E-state index in [1.54, 1.807) is 0 Å². The molecule has 1 atom stereocenters. The van der Waals surface area contributed by atoms with E-state index in [0.717, 1.165) is 36.0 Å². The molecule has 1 aliphatic rings. The van der Waals surface area contributed by atoms with E-state index in [1.165, 1.54) is 6.92 Å². The summed E-state index contributed by atoms with van der Waals surface area (Å²) < 4.78 is 0.975. The standard InChI is InChI=1S/C17H24BrN3O2.ClH/c1-12(22)20-16(13-3-5-14(18)6-4-13)11-17(23)21-9-7-15(19-2)8-10-21;/h3-6,15-16,19H,7-11H2,1-2H3,(H,20,22);1H. The Morgan fingerprint density at radius 1 is 1.25 bits per heavy atom. The van der Waals surface area contributed by atoms with Gasteiger partial charge in [0.2, 0.25) is 11.8 Å². The maximum Gasteiger partial charge on any atom is 0.224 e. The number of hydrogen-bond acceptors (Lipinski definition) is 3. The molecular weight excluding hydrogens is 394 g/mol. The molecule has 2 amide bonds. The van der Waals surface area contributed by atoms with Crippen molar-refractivity contribution >= 4 is 40.2 Å². The number of nitrogens with zero attached hydrogens (tertiary/aromatic N) is 1. The van der Waals surface area contributed by atoms with Gasteiger partial charge in [-0.3, -0.25) is 9.59 Å². The molecule has 0 radical (unpaired) electrons. The molecule has 0 aliphatic carbocycles. The second-order valence-electron chi connectivity index (χ2n) is 5.95. The summed E-state index contributed by atoms with van der Waals surface area (Å²) in [6.07, 6.45) is 2.25. The van der Waals surface area contributed by atoms with Gasteiger partial charge in [0, 0.05) is 30.5 Å². The number of rotatable bonds is 5. The van der Waals surface area contributed by atoms with Crippen molar-refractivity contribution in [2.45, 2.75) is 38.3 Å². The van der Waals surface area contributed by atoms with Crippen LogP contribution < -0.4 is 10.6 Å². The van der Waals surface area contributed by atoms with Gasteiger partial charge in [-0.25, -0.2) is 0 Å². The third kappa shape index (κ3) is 6.07. The zero-order valence-corrected chi connectivity index (χ0v) is 16.5. The van der Waals surface area contributed by atoms with Crippen molar-refractivity contribution in [2.75, 3.05) is 20.1 Å². The Kier molecular flexibility index (Phi) is 8.73. The molecule has 1 saturated heterocycles. The fraction of sp³-hybridized carbons (Fsp3) is 0.529. The van der Waals surface area contributed by atoms with Crippen LogP contribution in [0.2, 0.25) is 0 Å². The summed E-state index contributed by atoms with van der Waals surface area (Å²) in [4.78, 5) is 26.0. The van der Waals surface area contributed by atoms with Crippen LogP contribution in [0.5, 0.6) is 0 Å². The molecule has 0 aromatic heterocycles. The first-order valence-corrected chi connectivity index (χ1v) is 8.76. The lowest BCUT2D eigenvalue weighted by atomic mass is 10.0. The number of nitrogens with one attached hydrogen (secondary N) is 2. The summed E-state index contributed by atoms with van der Waals surface area (Å²) in [6.45, 7) is 3.03. The molecule has 1 aliphatic heterocycles. The topological polar surface area (TPSA) is 61.4 Å². The molecule has 7 heteroatoms. The first-order valence-electron chi connectivity index (χ1n) is 7.97. The molecule has 24 heavy (non-hydrogen) atoms. The monoisotopic (exact) mass is 417 g/mol. The fourth-order valence-electron chi connectivity index (χ4n) is 2.91. The van der Waals surface area contributed by atoms with Gasteiger partial charge in [-0.15, -0.1) is 12.4 Å². The molecule has 134 valence electrons. The molecule has 2 rings (SSSR count). The number of carbonyl (C=O) groups is 2. The normalized spacial score (nSPS) is 16.2. The van der Waals surface area contributed by atoms with E-state index >= 15 is 0 Å². The highest BCUT2D eigenvalue weighted by molar-refractivity contribution is 9.10. The predicted molar refractivity (Wildman–Crippen MR) is 101 cm³/mol. The van der Waals surface area contributed by atoms with Crippen molar-refractivity contribution in [3.8, 4) is 0 Å². The van der Waals surface area contributed by atoms with Crippen LogP contribution in [-0.4, -0.2) is 42.9 Å². The summed E-state index contributed by atoms with van der Waals surface area (Å²) in [5.41, 5.74) is 0.946. The van der Waals surface area contributed by atoms with Crippen molar-refractivity contribution in [3.05, 3.63) is 34.3 Å². The van der Waals surface area contributed by atoms with E-state index in [0.29, 0.717) is 12.5 Å². The van der Waals surface area contributed by atoms with Crippen LogP contribution >= 0.6 is 28.3 Å². The minimum absolute atomic E-state index is 0. The van der Waals surface area contributed by atoms with Crippen molar-refractivity contribution in [1.82, 2.24) is 15.5 Å². The Balaban J connectivity index is 0.00000288. The Morgan fingerprint density at radius 2 is 1.83 bits per heavy atom. The molecule has 2 N–H and O–H groups in total. The highest BCUT2D eigenvalue weighted by Crippen LogP contribution is 2.22. The lowest BCUT2D eigenvalue weighted by molar-refractivity contribution is -0.133. The lowest BCUT2D eigenvalue weighted by Gasteiger charge is -2.33. The molecule has 0 bridgehead atoms. The van der Waals surface area contributed by atoms with Gasteiger partial charge in [0.15, 0.2) is 0 Å². The number of carbonyl (C=O) groups excluding carboxylic acids is 2. The number of piperidine rings is 1. The lowest BCUT2D eigenvalue weighted by Crippen LogP contribution is -2.45. The van der Waals surface area contributed by atoms with E-state index in [2.05, 4.69) is 26.6 Å². The fourth-order valence-corrected chi connectivity index (χ4v) is 3.18. The smallest absolute Gasteiger partial charge is 0.224 e. The third-order valence-electron chi connectivity index (χ3n) is 4.28. The Hall–Kier alpha value is -1.11. The maximum atomic E-state index is 12.6. The van der Waals surface area contributed by atoms with Crippen molar-refractivity contribution in [2.24, 2.45) is 0 Å². The van der Waals surface area contributed by atoms with Crippen molar-refractivity contribution < 1.29 is 9.59 Å². The van der Waals surface area contributed by atoms with Gasteiger partial charge in [-0.2, -0.15) is 0 Å². The van der Waals surface area contributed by atoms with Crippen LogP contribution in [0, 0.1) is 0 Å². The van der Waals surface area contributed by atoms with Gasteiger partial charge in [-0.1, -0.05) is 28.1 Å². The Labute approximate surface area is 158 Å². The maximum absolute atomic E-state index is 12.6. The predicted octanol–water partition coefficient (Wildman–Crippen LogP) is 2.65. The number of amides is 2. The van der Waals surface area contributed by atoms with E-state index < -0.39 is 0 Å². The number of hydrogen-bond donors (Lipinski definition) is 2. The average molecular weight is 419 g/mol. The van der Waals surface area contributed by atoms with Crippen molar-refractivity contribution in [1.29, 1.82) is 0 Å². The molecular formula is C17H25BrClN3O2. The van der Waals surface area contributed by atoms with Gasteiger partial charge in [0.05, 0.1) is 12.5 Å². The first kappa shape index (κ1) is 20.9. The van der Waals surface area contributed by atoms with Gasteiger partial charge < -0.3 is 15.5 Å². The van der Waals surface area contributed by atoms with E-state index in [1.807, 2.05) is 36.2 Å². The summed E-state index contributed by atoms with van der Waals surface area (Å²) in [6, 6.07) is 7.93. The van der Waals surface area contributed by atoms with E-state index in [4.69, 9.17) is 0 Å². The van der Waals surface area contributed by atoms with E-state index in [-0.39, 0.29) is 30.3 Å². The minimum atomic E-state index is -0.282. The van der Waals surface area contributed by atoms with E-state index in [9.17, 15) is 9.59 Å². The number of benzene rings is 1. The highest BCUT2D eigenvalue weighted by atomic mass is 79.9. The van der Waals surface area contributed by atoms with Crippen molar-refractivity contribution in [3.63, 3.8) is 0 Å². The Morgan fingerprint density at radius 3 is 2.33 bits per heavy atom. The molecule has 1 unspecified atom stereocenters. The molecule has 1 aromatic rings. The highest BCUT2D eigenvalue weighted by Gasteiger charge is 2.25. The molecule has 5 nitrogen and oxygen atoms in total. The van der Waals surface area contributed by atoms with Crippen LogP contribution in [0.15, 0.2) is 28.7 Å². The minimum Gasteiger partial charge on any atom is -0.349 e. The summed E-state index contributed by atoms with van der Waals surface area (Å²) in [7, 11) is 1.96. The first-order chi connectivity index (χ1) is 11.0. The largest absolute Gasteiger partial charge is 0.349 e. The van der Waals surface area contributed by atoms with Crippen LogP contribution in [-0.2, 0) is 9.59 Å². The van der Waals surface area contributed by atoms with Gasteiger partial charge >= 0.3 is 0 Å². The molecule has 1 aromatic carbocycles. The SMILES string of the molecule is CNC1CCN(C(=O)CC(NC(C)=O)c2ccc(Br)cc2)CC1.Cl. The molecule has 1 heterocycles. The second-order valence-corrected chi connectivity index (χ2v) is 6.87. The molecule has 1 fully saturated rings. The number of likely N-dealkylation sites (tertiary alicyclic amines) is 1. The summed E-state index contributed by atoms with van der Waals surface area (Å²) in [5, 5.41) is 6.15. The molecule has 0 spiro atoms. The van der Waals surface area contributed by atoms with Gasteiger partial charge in [0.1, 0.15) is 0 Å². The summed E-state index contributed by atoms with van der Waals surface area (Å²) >= 11 is 3.40. The van der Waals surface area contributed by atoms with Crippen LogP contribution in [0.25, 0.3) is 0 Å². The van der Waals surface area contributed by atoms with Gasteiger partial charge in [0.25, 0.3) is 0 Å². The summed E-state index contributed by atoms with van der Waals surface area (Å²) in [5.74, 6) is -0.0270. The second kappa shape index (κ2) is 10.0. The number of halogens is 2. The zero-order chi connectivity index (χ0) is 16.8. The van der Waals surface area contributed by atoms with Crippen LogP contribution in [0.1, 0.15) is 37.8 Å². The van der Waals surface area contributed by atoms with Crippen LogP contribution in [0.4, 0.5) is 0 Å². The zero-order valence-electron chi connectivity index (χ0n) is 14.0. The third-order valence-corrected chi connectivity index (χ3v) is 4.81. The van der Waals surface area contributed by atoms with Crippen LogP contribution in [0.3, 0.4) is 0 Å². The van der Waals surface area contributed by atoms with Gasteiger partial charge in [-0.05, 0) is 37.6 Å². The quantitative estimate of drug-likeness (QED) is 0.773. The Bertz CT molecular complexity index is 545. The average Bonchev–Trinajstić information content (AvgIpc) is 2.54.